The van der Waals surface area contributed by atoms with Gasteiger partial charge < -0.3 is 21.9 Å². The van der Waals surface area contributed by atoms with Gasteiger partial charge in [0, 0.05) is 34.2 Å². The van der Waals surface area contributed by atoms with Crippen LogP contribution in [-0.2, 0) is 33.3 Å². The highest BCUT2D eigenvalue weighted by molar-refractivity contribution is 8.13. The minimum atomic E-state index is -6.72. The van der Waals surface area contributed by atoms with E-state index in [4.69, 9.17) is 13.3 Å². The minimum Gasteiger partial charge on any atom is -0.421 e. The van der Waals surface area contributed by atoms with E-state index in [0.29, 0.717) is 0 Å². The van der Waals surface area contributed by atoms with E-state index in [1.165, 1.54) is 49.8 Å². The number of nitrogens with zero attached hydrogens (tertiary/aromatic N) is 2. The second-order valence-corrected chi connectivity index (χ2v) is 13.8. The summed E-state index contributed by atoms with van der Waals surface area (Å²) in [5.74, 6) is 0. The summed E-state index contributed by atoms with van der Waals surface area (Å²) >= 11 is 0. The molecule has 0 aliphatic carbocycles. The Kier molecular flexibility index (Phi) is 12.3. The third-order valence-electron chi connectivity index (χ3n) is 5.11. The molecule has 0 spiro atoms. The van der Waals surface area contributed by atoms with Gasteiger partial charge in [0.25, 0.3) is 0 Å². The molecule has 0 saturated carbocycles. The monoisotopic (exact) mass is 556 g/mol. The fourth-order valence-corrected chi connectivity index (χ4v) is 6.77. The Bertz CT molecular complexity index is 746. The van der Waals surface area contributed by atoms with Gasteiger partial charge in [0.1, 0.15) is 0 Å². The Morgan fingerprint density at radius 2 is 1.21 bits per heavy atom. The molecule has 0 aromatic heterocycles. The SMILES string of the molecule is CCCC[N+]1(CC[Si](OC)(OC)OC)CCCC1.O=S(=O)([N-]S(=O)(=O)C(F)(F)F)C(F)(F)F. The summed E-state index contributed by atoms with van der Waals surface area (Å²) in [5.41, 5.74) is -12.4. The zero-order valence-electron chi connectivity index (χ0n) is 18.7. The van der Waals surface area contributed by atoms with Gasteiger partial charge in [-0.05, 0) is 6.42 Å². The standard InChI is InChI=1S/C13H30NO3Si.C2F6NO4S2/c1-5-6-9-14(10-7-8-11-14)12-13-18(15-2,16-3)17-4;3-1(4,5)14(10,11)9-15(12,13)2(6,7)8/h5-13H2,1-4H3;/q+1;-1. The quantitative estimate of drug-likeness (QED) is 0.218. The lowest BCUT2D eigenvalue weighted by Gasteiger charge is -2.36. The van der Waals surface area contributed by atoms with Crippen LogP contribution in [0.4, 0.5) is 26.3 Å². The van der Waals surface area contributed by atoms with Crippen molar-refractivity contribution in [2.45, 2.75) is 49.7 Å². The third-order valence-corrected chi connectivity index (χ3v) is 10.5. The Morgan fingerprint density at radius 3 is 1.52 bits per heavy atom. The predicted octanol–water partition coefficient (Wildman–Crippen LogP) is 3.33. The lowest BCUT2D eigenvalue weighted by Crippen LogP contribution is -2.52. The molecule has 0 N–H and O–H groups in total. The molecular weight excluding hydrogens is 526 g/mol. The van der Waals surface area contributed by atoms with Crippen molar-refractivity contribution in [1.29, 1.82) is 0 Å². The van der Waals surface area contributed by atoms with Crippen molar-refractivity contribution >= 4 is 28.9 Å². The second-order valence-electron chi connectivity index (χ2n) is 7.26. The van der Waals surface area contributed by atoms with Gasteiger partial charge >= 0.3 is 19.8 Å². The van der Waals surface area contributed by atoms with Crippen LogP contribution in [0.2, 0.25) is 6.04 Å². The van der Waals surface area contributed by atoms with E-state index in [1.807, 2.05) is 0 Å². The zero-order chi connectivity index (χ0) is 26.2. The third kappa shape index (κ3) is 9.58. The molecule has 0 atom stereocenters. The van der Waals surface area contributed by atoms with Crippen LogP contribution in [0.3, 0.4) is 0 Å². The van der Waals surface area contributed by atoms with Gasteiger partial charge in [-0.1, -0.05) is 13.3 Å². The highest BCUT2D eigenvalue weighted by atomic mass is 32.3. The molecule has 1 saturated heterocycles. The Morgan fingerprint density at radius 1 is 0.818 bits per heavy atom. The Hall–Kier alpha value is -0.503. The van der Waals surface area contributed by atoms with E-state index in [2.05, 4.69) is 6.92 Å². The van der Waals surface area contributed by atoms with Gasteiger partial charge in [-0.15, -0.1) is 0 Å². The van der Waals surface area contributed by atoms with E-state index >= 15 is 0 Å². The molecule has 0 aromatic rings. The molecular formula is C15H30F6N2O7S2Si. The number of halogens is 6. The van der Waals surface area contributed by atoms with Crippen molar-refractivity contribution in [1.82, 2.24) is 0 Å². The van der Waals surface area contributed by atoms with Gasteiger partial charge in [0.15, 0.2) is 20.0 Å². The summed E-state index contributed by atoms with van der Waals surface area (Å²) in [4.78, 5) is 0. The molecule has 1 heterocycles. The Balaban J connectivity index is 0.000000633. The number of likely N-dealkylation sites (tertiary alicyclic amines) is 1. The van der Waals surface area contributed by atoms with Crippen LogP contribution in [0.25, 0.3) is 4.13 Å². The van der Waals surface area contributed by atoms with Gasteiger partial charge in [-0.25, -0.2) is 16.8 Å². The van der Waals surface area contributed by atoms with E-state index in [0.717, 1.165) is 16.7 Å². The van der Waals surface area contributed by atoms with Crippen molar-refractivity contribution in [2.24, 2.45) is 0 Å². The molecule has 0 amide bonds. The highest BCUT2D eigenvalue weighted by Crippen LogP contribution is 2.36. The molecule has 9 nitrogen and oxygen atoms in total. The lowest BCUT2D eigenvalue weighted by molar-refractivity contribution is -0.915. The molecule has 0 aromatic carbocycles. The maximum Gasteiger partial charge on any atom is 0.505 e. The first kappa shape index (κ1) is 32.5. The topological polar surface area (TPSA) is 110 Å². The molecule has 1 aliphatic rings. The van der Waals surface area contributed by atoms with Gasteiger partial charge in [0.2, 0.25) is 0 Å². The molecule has 1 aliphatic heterocycles. The summed E-state index contributed by atoms with van der Waals surface area (Å²) < 4.78 is 127. The maximum absolute atomic E-state index is 11.4. The molecule has 0 unspecified atom stereocenters. The molecule has 33 heavy (non-hydrogen) atoms. The van der Waals surface area contributed by atoms with E-state index < -0.39 is 39.9 Å². The van der Waals surface area contributed by atoms with Crippen LogP contribution in [0.5, 0.6) is 0 Å². The average Bonchev–Trinajstić information content (AvgIpc) is 3.15. The molecule has 1 rings (SSSR count). The smallest absolute Gasteiger partial charge is 0.421 e. The number of rotatable bonds is 11. The lowest BCUT2D eigenvalue weighted by atomic mass is 10.3. The fourth-order valence-electron chi connectivity index (χ4n) is 3.20. The minimum absolute atomic E-state index is 0.778. The zero-order valence-corrected chi connectivity index (χ0v) is 21.3. The number of quaternary nitrogens is 1. The van der Waals surface area contributed by atoms with Crippen LogP contribution in [0.1, 0.15) is 32.6 Å². The van der Waals surface area contributed by atoms with Crippen LogP contribution in [0.15, 0.2) is 0 Å². The number of hydrogen-bond acceptors (Lipinski definition) is 7. The van der Waals surface area contributed by atoms with Crippen molar-refractivity contribution < 1.29 is 60.9 Å². The van der Waals surface area contributed by atoms with E-state index in [9.17, 15) is 43.2 Å². The maximum atomic E-state index is 11.4. The number of alkyl halides is 6. The summed E-state index contributed by atoms with van der Waals surface area (Å²) in [6.07, 6.45) is 5.33. The van der Waals surface area contributed by atoms with Gasteiger partial charge in [0.05, 0.1) is 32.2 Å². The number of sulfonamides is 2. The van der Waals surface area contributed by atoms with Crippen molar-refractivity contribution in [3.05, 3.63) is 4.13 Å². The van der Waals surface area contributed by atoms with Crippen molar-refractivity contribution in [3.63, 3.8) is 0 Å². The largest absolute Gasteiger partial charge is 0.505 e. The van der Waals surface area contributed by atoms with Gasteiger partial charge in [-0.2, -0.15) is 26.3 Å². The van der Waals surface area contributed by atoms with Crippen LogP contribution < -0.4 is 0 Å². The normalized spacial score (nSPS) is 17.5. The molecule has 200 valence electrons. The molecule has 18 heteroatoms. The Labute approximate surface area is 191 Å². The first-order valence-electron chi connectivity index (χ1n) is 9.74. The number of unbranched alkanes of at least 4 members (excludes halogenated alkanes) is 1. The van der Waals surface area contributed by atoms with E-state index in [1.54, 1.807) is 21.3 Å². The van der Waals surface area contributed by atoms with Crippen LogP contribution in [-0.4, -0.2) is 88.6 Å². The molecule has 0 radical (unpaired) electrons. The molecule has 1 fully saturated rings. The van der Waals surface area contributed by atoms with Crippen LogP contribution >= 0.6 is 0 Å². The number of hydrogen-bond donors (Lipinski definition) is 0. The first-order valence-corrected chi connectivity index (χ1v) is 14.5. The summed E-state index contributed by atoms with van der Waals surface area (Å²) in [6.45, 7) is 7.36. The second kappa shape index (κ2) is 12.5. The fraction of sp³-hybridized carbons (Fsp3) is 1.00. The average molecular weight is 557 g/mol. The van der Waals surface area contributed by atoms with Crippen molar-refractivity contribution in [3.8, 4) is 0 Å². The summed E-state index contributed by atoms with van der Waals surface area (Å²) in [6, 6.07) is 0.931. The molecule has 0 bridgehead atoms. The van der Waals surface area contributed by atoms with Gasteiger partial charge in [-0.3, -0.25) is 0 Å². The first-order chi connectivity index (χ1) is 14.9. The highest BCUT2D eigenvalue weighted by Gasteiger charge is 2.47. The summed E-state index contributed by atoms with van der Waals surface area (Å²) in [5, 5.41) is 0. The predicted molar refractivity (Wildman–Crippen MR) is 109 cm³/mol. The van der Waals surface area contributed by atoms with Crippen LogP contribution in [0, 0.1) is 0 Å². The van der Waals surface area contributed by atoms with Crippen molar-refractivity contribution in [2.75, 3.05) is 47.5 Å². The summed E-state index contributed by atoms with van der Waals surface area (Å²) in [7, 11) is -10.7. The van der Waals surface area contributed by atoms with E-state index in [-0.39, 0.29) is 0 Å².